The molecular formula is C22H29N3O3. The topological polar surface area (TPSA) is 71.5 Å². The van der Waals surface area contributed by atoms with E-state index in [1.807, 2.05) is 43.0 Å². The number of nitrogens with one attached hydrogen (secondary N) is 1. The zero-order valence-electron chi connectivity index (χ0n) is 16.9. The van der Waals surface area contributed by atoms with E-state index in [1.165, 1.54) is 6.20 Å². The van der Waals surface area contributed by atoms with Crippen LogP contribution in [0, 0.1) is 0 Å². The van der Waals surface area contributed by atoms with Gasteiger partial charge in [-0.3, -0.25) is 14.6 Å². The number of ether oxygens (including phenoxy) is 1. The zero-order valence-corrected chi connectivity index (χ0v) is 16.9. The second-order valence-corrected chi connectivity index (χ2v) is 6.54. The fourth-order valence-corrected chi connectivity index (χ4v) is 3.04. The van der Waals surface area contributed by atoms with Crippen molar-refractivity contribution in [2.24, 2.45) is 0 Å². The van der Waals surface area contributed by atoms with Gasteiger partial charge in [0.15, 0.2) is 0 Å². The Kier molecular flexibility index (Phi) is 8.46. The quantitative estimate of drug-likeness (QED) is 0.683. The number of hydrogen-bond donors (Lipinski definition) is 1. The molecule has 6 heteroatoms. The number of methoxy groups -OCH3 is 1. The summed E-state index contributed by atoms with van der Waals surface area (Å²) in [5.41, 5.74) is 1.77. The average molecular weight is 383 g/mol. The van der Waals surface area contributed by atoms with Gasteiger partial charge in [0.1, 0.15) is 11.4 Å². The predicted molar refractivity (Wildman–Crippen MR) is 110 cm³/mol. The largest absolute Gasteiger partial charge is 0.496 e. The van der Waals surface area contributed by atoms with Gasteiger partial charge in [-0.2, -0.15) is 0 Å². The van der Waals surface area contributed by atoms with Crippen LogP contribution in [0.1, 0.15) is 53.1 Å². The van der Waals surface area contributed by atoms with E-state index < -0.39 is 0 Å². The van der Waals surface area contributed by atoms with Crippen molar-refractivity contribution in [2.45, 2.75) is 33.1 Å². The van der Waals surface area contributed by atoms with E-state index in [-0.39, 0.29) is 17.5 Å². The highest BCUT2D eigenvalue weighted by atomic mass is 16.5. The van der Waals surface area contributed by atoms with Crippen molar-refractivity contribution in [3.05, 3.63) is 59.4 Å². The summed E-state index contributed by atoms with van der Waals surface area (Å²) >= 11 is 0. The van der Waals surface area contributed by atoms with E-state index in [0.29, 0.717) is 31.6 Å². The first kappa shape index (κ1) is 21.4. The van der Waals surface area contributed by atoms with Gasteiger partial charge in [-0.1, -0.05) is 32.0 Å². The van der Waals surface area contributed by atoms with Crippen LogP contribution in [0.4, 0.5) is 0 Å². The molecule has 0 aliphatic carbocycles. The summed E-state index contributed by atoms with van der Waals surface area (Å²) in [6, 6.07) is 10.9. The second kappa shape index (κ2) is 11.1. The van der Waals surface area contributed by atoms with E-state index in [2.05, 4.69) is 10.3 Å². The number of carbonyl (C=O) groups is 2. The van der Waals surface area contributed by atoms with Crippen LogP contribution in [0.5, 0.6) is 5.75 Å². The molecule has 0 saturated carbocycles. The number of benzene rings is 1. The summed E-state index contributed by atoms with van der Waals surface area (Å²) in [5.74, 6) is 0.450. The summed E-state index contributed by atoms with van der Waals surface area (Å²) in [7, 11) is 1.63. The van der Waals surface area contributed by atoms with Crippen LogP contribution in [-0.4, -0.2) is 48.4 Å². The van der Waals surface area contributed by atoms with E-state index in [0.717, 1.165) is 24.2 Å². The first-order valence-electron chi connectivity index (χ1n) is 9.76. The fourth-order valence-electron chi connectivity index (χ4n) is 3.04. The summed E-state index contributed by atoms with van der Waals surface area (Å²) in [5, 5.41) is 2.86. The van der Waals surface area contributed by atoms with Crippen molar-refractivity contribution in [1.82, 2.24) is 15.2 Å². The van der Waals surface area contributed by atoms with Crippen LogP contribution >= 0.6 is 0 Å². The van der Waals surface area contributed by atoms with E-state index in [9.17, 15) is 9.59 Å². The molecule has 2 rings (SSSR count). The number of pyridine rings is 1. The van der Waals surface area contributed by atoms with Crippen molar-refractivity contribution < 1.29 is 14.3 Å². The highest BCUT2D eigenvalue weighted by Gasteiger charge is 2.16. The maximum Gasteiger partial charge on any atom is 0.269 e. The standard InChI is InChI=1S/C22H29N3O3/c1-4-14-25(15-5-2)22(27)18-11-12-23-19(16-18)21(26)24-13-10-17-8-6-7-9-20(17)28-3/h6-9,11-12,16H,4-5,10,13-15H2,1-3H3,(H,24,26). The Balaban J connectivity index is 2.00. The Morgan fingerprint density at radius 1 is 1.11 bits per heavy atom. The van der Waals surface area contributed by atoms with Crippen molar-refractivity contribution >= 4 is 11.8 Å². The molecule has 0 fully saturated rings. The molecule has 1 aromatic heterocycles. The third-order valence-corrected chi connectivity index (χ3v) is 4.39. The molecule has 150 valence electrons. The molecule has 2 amide bonds. The summed E-state index contributed by atoms with van der Waals surface area (Å²) in [6.07, 6.45) is 3.95. The van der Waals surface area contributed by atoms with E-state index in [1.54, 1.807) is 19.2 Å². The Morgan fingerprint density at radius 3 is 2.50 bits per heavy atom. The molecule has 2 aromatic rings. The van der Waals surface area contributed by atoms with Crippen LogP contribution in [0.25, 0.3) is 0 Å². The lowest BCUT2D eigenvalue weighted by Crippen LogP contribution is -2.33. The van der Waals surface area contributed by atoms with Crippen LogP contribution in [-0.2, 0) is 6.42 Å². The zero-order chi connectivity index (χ0) is 20.4. The minimum Gasteiger partial charge on any atom is -0.496 e. The minimum absolute atomic E-state index is 0.0610. The van der Waals surface area contributed by atoms with Crippen LogP contribution < -0.4 is 10.1 Å². The van der Waals surface area contributed by atoms with Gasteiger partial charge in [-0.25, -0.2) is 0 Å². The highest BCUT2D eigenvalue weighted by molar-refractivity contribution is 5.98. The SMILES string of the molecule is CCCN(CCC)C(=O)c1ccnc(C(=O)NCCc2ccccc2OC)c1. The number of amides is 2. The maximum absolute atomic E-state index is 12.7. The molecule has 0 aliphatic rings. The molecule has 0 bridgehead atoms. The molecule has 0 aliphatic heterocycles. The Bertz CT molecular complexity index is 786. The maximum atomic E-state index is 12.7. The second-order valence-electron chi connectivity index (χ2n) is 6.54. The Hall–Kier alpha value is -2.89. The number of hydrogen-bond acceptors (Lipinski definition) is 4. The predicted octanol–water partition coefficient (Wildman–Crippen LogP) is 3.32. The Morgan fingerprint density at radius 2 is 1.82 bits per heavy atom. The molecule has 0 atom stereocenters. The lowest BCUT2D eigenvalue weighted by Gasteiger charge is -2.21. The third kappa shape index (κ3) is 5.81. The highest BCUT2D eigenvalue weighted by Crippen LogP contribution is 2.17. The minimum atomic E-state index is -0.290. The van der Waals surface area contributed by atoms with Gasteiger partial charge in [-0.15, -0.1) is 0 Å². The average Bonchev–Trinajstić information content (AvgIpc) is 2.73. The molecule has 0 saturated heterocycles. The number of carbonyl (C=O) groups excluding carboxylic acids is 2. The van der Waals surface area contributed by atoms with Crippen molar-refractivity contribution in [1.29, 1.82) is 0 Å². The van der Waals surface area contributed by atoms with E-state index in [4.69, 9.17) is 4.74 Å². The number of aromatic nitrogens is 1. The normalized spacial score (nSPS) is 10.4. The van der Waals surface area contributed by atoms with Crippen LogP contribution in [0.15, 0.2) is 42.6 Å². The number of para-hydroxylation sites is 1. The van der Waals surface area contributed by atoms with Gasteiger partial charge in [0.2, 0.25) is 0 Å². The molecule has 0 spiro atoms. The molecule has 0 unspecified atom stereocenters. The van der Waals surface area contributed by atoms with Crippen LogP contribution in [0.3, 0.4) is 0 Å². The molecular weight excluding hydrogens is 354 g/mol. The number of rotatable bonds is 10. The molecule has 1 heterocycles. The first-order chi connectivity index (χ1) is 13.6. The van der Waals surface area contributed by atoms with Gasteiger partial charge in [0, 0.05) is 31.4 Å². The molecule has 1 aromatic carbocycles. The smallest absolute Gasteiger partial charge is 0.269 e. The monoisotopic (exact) mass is 383 g/mol. The van der Waals surface area contributed by atoms with Gasteiger partial charge in [0.05, 0.1) is 7.11 Å². The Labute approximate surface area is 166 Å². The lowest BCUT2D eigenvalue weighted by atomic mass is 10.1. The van der Waals surface area contributed by atoms with E-state index >= 15 is 0 Å². The van der Waals surface area contributed by atoms with Gasteiger partial charge in [-0.05, 0) is 43.0 Å². The first-order valence-corrected chi connectivity index (χ1v) is 9.76. The molecule has 28 heavy (non-hydrogen) atoms. The summed E-state index contributed by atoms with van der Waals surface area (Å²) in [4.78, 5) is 31.1. The van der Waals surface area contributed by atoms with Crippen LogP contribution in [0.2, 0.25) is 0 Å². The fraction of sp³-hybridized carbons (Fsp3) is 0.409. The lowest BCUT2D eigenvalue weighted by molar-refractivity contribution is 0.0755. The molecule has 6 nitrogen and oxygen atoms in total. The van der Waals surface area contributed by atoms with Gasteiger partial charge >= 0.3 is 0 Å². The third-order valence-electron chi connectivity index (χ3n) is 4.39. The number of nitrogens with zero attached hydrogens (tertiary/aromatic N) is 2. The molecule has 1 N–H and O–H groups in total. The van der Waals surface area contributed by atoms with Crippen molar-refractivity contribution in [3.8, 4) is 5.75 Å². The van der Waals surface area contributed by atoms with Gasteiger partial charge < -0.3 is 15.0 Å². The summed E-state index contributed by atoms with van der Waals surface area (Å²) in [6.45, 7) is 5.95. The molecule has 0 radical (unpaired) electrons. The summed E-state index contributed by atoms with van der Waals surface area (Å²) < 4.78 is 5.32. The van der Waals surface area contributed by atoms with Crippen molar-refractivity contribution in [2.75, 3.05) is 26.7 Å². The van der Waals surface area contributed by atoms with Crippen molar-refractivity contribution in [3.63, 3.8) is 0 Å². The van der Waals surface area contributed by atoms with Gasteiger partial charge in [0.25, 0.3) is 11.8 Å².